The predicted molar refractivity (Wildman–Crippen MR) is 56.6 cm³/mol. The van der Waals surface area contributed by atoms with Crippen molar-refractivity contribution in [2.24, 2.45) is 5.92 Å². The number of amides is 4. The molecule has 0 aliphatic carbocycles. The van der Waals surface area contributed by atoms with Crippen molar-refractivity contribution in [1.29, 1.82) is 0 Å². The fraction of sp³-hybridized carbons (Fsp3) is 0.222. The van der Waals surface area contributed by atoms with E-state index in [1.54, 1.807) is 0 Å². The summed E-state index contributed by atoms with van der Waals surface area (Å²) in [5.74, 6) is -2.36. The number of carbonyl (C=O) groups is 3. The molecule has 1 unspecified atom stereocenters. The SMILES string of the molecule is O=C1NC(=O)C(Cc2ccc(S(=O)O)o2)C(=O)N1. The largest absolute Gasteiger partial charge is 0.450 e. The van der Waals surface area contributed by atoms with Crippen molar-refractivity contribution in [3.05, 3.63) is 17.9 Å². The summed E-state index contributed by atoms with van der Waals surface area (Å²) in [6.07, 6.45) is -0.0951. The van der Waals surface area contributed by atoms with E-state index < -0.39 is 34.8 Å². The monoisotopic (exact) mass is 272 g/mol. The highest BCUT2D eigenvalue weighted by molar-refractivity contribution is 7.79. The zero-order chi connectivity index (χ0) is 13.3. The first-order chi connectivity index (χ1) is 8.47. The molecule has 1 aromatic rings. The van der Waals surface area contributed by atoms with E-state index in [1.807, 2.05) is 10.6 Å². The number of imide groups is 2. The van der Waals surface area contributed by atoms with Gasteiger partial charge in [-0.05, 0) is 12.1 Å². The van der Waals surface area contributed by atoms with Gasteiger partial charge in [-0.25, -0.2) is 9.00 Å². The second-order valence-electron chi connectivity index (χ2n) is 3.53. The van der Waals surface area contributed by atoms with Crippen LogP contribution in [-0.2, 0) is 27.1 Å². The van der Waals surface area contributed by atoms with Crippen LogP contribution in [0.4, 0.5) is 4.79 Å². The average Bonchev–Trinajstić information content (AvgIpc) is 2.71. The molecule has 1 aliphatic rings. The van der Waals surface area contributed by atoms with Gasteiger partial charge in [0.05, 0.1) is 0 Å². The molecule has 0 saturated carbocycles. The summed E-state index contributed by atoms with van der Waals surface area (Å²) in [6, 6.07) is 1.80. The topological polar surface area (TPSA) is 126 Å². The zero-order valence-corrected chi connectivity index (χ0v) is 9.65. The minimum Gasteiger partial charge on any atom is -0.450 e. The molecule has 2 heterocycles. The van der Waals surface area contributed by atoms with Crippen LogP contribution in [0.2, 0.25) is 0 Å². The minimum absolute atomic E-state index is 0.0951. The van der Waals surface area contributed by atoms with Crippen LogP contribution in [0.15, 0.2) is 21.6 Å². The number of urea groups is 1. The van der Waals surface area contributed by atoms with E-state index in [9.17, 15) is 18.6 Å². The number of rotatable bonds is 3. The van der Waals surface area contributed by atoms with Crippen molar-refractivity contribution in [3.63, 3.8) is 0 Å². The first kappa shape index (κ1) is 12.5. The molecule has 1 saturated heterocycles. The van der Waals surface area contributed by atoms with E-state index in [4.69, 9.17) is 8.97 Å². The van der Waals surface area contributed by atoms with Gasteiger partial charge >= 0.3 is 6.03 Å². The van der Waals surface area contributed by atoms with Gasteiger partial charge in [-0.15, -0.1) is 0 Å². The van der Waals surface area contributed by atoms with Gasteiger partial charge in [-0.1, -0.05) is 0 Å². The van der Waals surface area contributed by atoms with Crippen LogP contribution in [0.3, 0.4) is 0 Å². The van der Waals surface area contributed by atoms with Crippen LogP contribution in [0.5, 0.6) is 0 Å². The molecule has 0 bridgehead atoms. The smallest absolute Gasteiger partial charge is 0.328 e. The highest BCUT2D eigenvalue weighted by Crippen LogP contribution is 2.16. The van der Waals surface area contributed by atoms with Crippen molar-refractivity contribution in [2.45, 2.75) is 11.5 Å². The number of nitrogens with one attached hydrogen (secondary N) is 2. The van der Waals surface area contributed by atoms with Gasteiger partial charge in [-0.3, -0.25) is 24.8 Å². The molecule has 8 nitrogen and oxygen atoms in total. The molecule has 1 fully saturated rings. The van der Waals surface area contributed by atoms with Crippen LogP contribution in [0.1, 0.15) is 5.76 Å². The van der Waals surface area contributed by atoms with Crippen LogP contribution in [-0.4, -0.2) is 26.6 Å². The second kappa shape index (κ2) is 4.70. The third-order valence-corrected chi connectivity index (χ3v) is 2.88. The van der Waals surface area contributed by atoms with Crippen molar-refractivity contribution in [3.8, 4) is 0 Å². The summed E-state index contributed by atoms with van der Waals surface area (Å²) in [5.41, 5.74) is 0. The first-order valence-corrected chi connectivity index (χ1v) is 5.93. The fourth-order valence-corrected chi connectivity index (χ4v) is 1.86. The maximum absolute atomic E-state index is 11.4. The maximum atomic E-state index is 11.4. The predicted octanol–water partition coefficient (Wildman–Crippen LogP) is -0.615. The summed E-state index contributed by atoms with van der Waals surface area (Å²) in [4.78, 5) is 33.6. The average molecular weight is 272 g/mol. The van der Waals surface area contributed by atoms with E-state index in [0.717, 1.165) is 0 Å². The van der Waals surface area contributed by atoms with Gasteiger partial charge in [0.25, 0.3) is 0 Å². The van der Waals surface area contributed by atoms with E-state index in [2.05, 4.69) is 0 Å². The van der Waals surface area contributed by atoms with E-state index >= 15 is 0 Å². The Morgan fingerprint density at radius 3 is 2.33 bits per heavy atom. The van der Waals surface area contributed by atoms with Crippen LogP contribution < -0.4 is 10.6 Å². The molecular weight excluding hydrogens is 264 g/mol. The Morgan fingerprint density at radius 1 is 1.22 bits per heavy atom. The molecule has 1 atom stereocenters. The number of barbiturate groups is 1. The van der Waals surface area contributed by atoms with Crippen molar-refractivity contribution >= 4 is 28.9 Å². The molecule has 18 heavy (non-hydrogen) atoms. The fourth-order valence-electron chi connectivity index (χ4n) is 1.50. The van der Waals surface area contributed by atoms with Gasteiger partial charge in [-0.2, -0.15) is 0 Å². The molecule has 96 valence electrons. The van der Waals surface area contributed by atoms with Gasteiger partial charge in [0.2, 0.25) is 28.0 Å². The van der Waals surface area contributed by atoms with Crippen molar-refractivity contribution in [2.75, 3.05) is 0 Å². The normalized spacial score (nSPS) is 18.4. The van der Waals surface area contributed by atoms with E-state index in [1.165, 1.54) is 12.1 Å². The van der Waals surface area contributed by atoms with Gasteiger partial charge in [0.15, 0.2) is 0 Å². The second-order valence-corrected chi connectivity index (χ2v) is 4.43. The molecule has 1 aliphatic heterocycles. The third kappa shape index (κ3) is 2.46. The van der Waals surface area contributed by atoms with E-state index in [0.29, 0.717) is 0 Å². The summed E-state index contributed by atoms with van der Waals surface area (Å²) in [5, 5.41) is 3.73. The number of carbonyl (C=O) groups excluding carboxylic acids is 3. The highest BCUT2D eigenvalue weighted by atomic mass is 32.2. The Bertz CT molecular complexity index is 531. The number of hydrogen-bond donors (Lipinski definition) is 3. The third-order valence-electron chi connectivity index (χ3n) is 2.32. The molecule has 9 heteroatoms. The maximum Gasteiger partial charge on any atom is 0.328 e. The summed E-state index contributed by atoms with van der Waals surface area (Å²) < 4.78 is 24.4. The Labute approximate surface area is 103 Å². The molecular formula is C9H8N2O6S. The lowest BCUT2D eigenvalue weighted by Gasteiger charge is -2.19. The van der Waals surface area contributed by atoms with Gasteiger partial charge in [0.1, 0.15) is 11.7 Å². The summed E-state index contributed by atoms with van der Waals surface area (Å²) in [7, 11) is 0. The molecule has 1 aromatic heterocycles. The van der Waals surface area contributed by atoms with Gasteiger partial charge < -0.3 is 4.42 Å². The number of hydrogen-bond acceptors (Lipinski definition) is 5. The lowest BCUT2D eigenvalue weighted by atomic mass is 10.0. The van der Waals surface area contributed by atoms with E-state index in [-0.39, 0.29) is 17.3 Å². The Kier molecular flexibility index (Phi) is 3.26. The Balaban J connectivity index is 2.12. The summed E-state index contributed by atoms with van der Waals surface area (Å²) in [6.45, 7) is 0. The molecule has 0 spiro atoms. The standard InChI is InChI=1S/C9H8N2O6S/c12-7-5(8(13)11-9(14)10-7)3-4-1-2-6(17-4)18(15)16/h1-2,5H,3H2,(H,15,16)(H2,10,11,12,13,14). The number of furan rings is 1. The Morgan fingerprint density at radius 2 is 1.83 bits per heavy atom. The van der Waals surface area contributed by atoms with Crippen molar-refractivity contribution in [1.82, 2.24) is 10.6 Å². The van der Waals surface area contributed by atoms with Crippen molar-refractivity contribution < 1.29 is 27.6 Å². The lowest BCUT2D eigenvalue weighted by Crippen LogP contribution is -2.56. The lowest BCUT2D eigenvalue weighted by molar-refractivity contribution is -0.135. The minimum atomic E-state index is -2.26. The highest BCUT2D eigenvalue weighted by Gasteiger charge is 2.34. The quantitative estimate of drug-likeness (QED) is 0.497. The first-order valence-electron chi connectivity index (χ1n) is 4.82. The summed E-state index contributed by atoms with van der Waals surface area (Å²) >= 11 is -2.26. The molecule has 0 aromatic carbocycles. The molecule has 3 N–H and O–H groups in total. The van der Waals surface area contributed by atoms with Gasteiger partial charge in [0, 0.05) is 6.42 Å². The van der Waals surface area contributed by atoms with Crippen LogP contribution in [0.25, 0.3) is 0 Å². The van der Waals surface area contributed by atoms with Crippen LogP contribution >= 0.6 is 0 Å². The molecule has 4 amide bonds. The van der Waals surface area contributed by atoms with Crippen LogP contribution in [0, 0.1) is 5.92 Å². The molecule has 0 radical (unpaired) electrons. The Hall–Kier alpha value is -2.00. The molecule has 2 rings (SSSR count). The zero-order valence-electron chi connectivity index (χ0n) is 8.84.